The Balaban J connectivity index is 1.40. The van der Waals surface area contributed by atoms with Crippen LogP contribution in [-0.4, -0.2) is 33.8 Å². The lowest BCUT2D eigenvalue weighted by atomic mass is 9.95. The van der Waals surface area contributed by atoms with Gasteiger partial charge in [-0.05, 0) is 62.3 Å². The van der Waals surface area contributed by atoms with E-state index in [1.54, 1.807) is 23.6 Å². The Kier molecular flexibility index (Phi) is 8.49. The summed E-state index contributed by atoms with van der Waals surface area (Å²) in [5.41, 5.74) is 2.76. The van der Waals surface area contributed by atoms with Crippen molar-refractivity contribution in [3.63, 3.8) is 0 Å². The van der Waals surface area contributed by atoms with Gasteiger partial charge in [0.25, 0.3) is 5.56 Å². The van der Waals surface area contributed by atoms with Gasteiger partial charge in [-0.2, -0.15) is 0 Å². The van der Waals surface area contributed by atoms with Gasteiger partial charge in [0, 0.05) is 22.4 Å². The number of rotatable bonds is 9. The number of amides is 1. The summed E-state index contributed by atoms with van der Waals surface area (Å²) >= 11 is 3.99. The second-order valence-corrected chi connectivity index (χ2v) is 12.1. The number of hydrogen-bond donors (Lipinski definition) is 1. The summed E-state index contributed by atoms with van der Waals surface area (Å²) in [5.74, 6) is -0.991. The minimum atomic E-state index is -0.404. The van der Waals surface area contributed by atoms with Crippen LogP contribution in [0.15, 0.2) is 39.6 Å². The molecule has 39 heavy (non-hydrogen) atoms. The van der Waals surface area contributed by atoms with Crippen molar-refractivity contribution in [2.45, 2.75) is 57.7 Å². The summed E-state index contributed by atoms with van der Waals surface area (Å²) < 4.78 is 20.3. The largest absolute Gasteiger partial charge is 0.462 e. The number of thiophene rings is 2. The van der Waals surface area contributed by atoms with Crippen molar-refractivity contribution in [3.05, 3.63) is 61.8 Å². The number of nitrogens with one attached hydrogen (secondary N) is 1. The summed E-state index contributed by atoms with van der Waals surface area (Å²) in [7, 11) is 0. The van der Waals surface area contributed by atoms with Crippen LogP contribution in [0.4, 0.5) is 9.39 Å². The van der Waals surface area contributed by atoms with E-state index in [-0.39, 0.29) is 29.6 Å². The second-order valence-electron chi connectivity index (χ2n) is 9.16. The number of aryl methyl sites for hydroxylation is 1. The number of aromatic nitrogens is 2. The molecule has 0 fully saturated rings. The number of anilines is 1. The Bertz CT molecular complexity index is 1590. The third-order valence-electron chi connectivity index (χ3n) is 6.50. The van der Waals surface area contributed by atoms with Crippen molar-refractivity contribution < 1.29 is 18.7 Å². The Morgan fingerprint density at radius 1 is 1.18 bits per heavy atom. The summed E-state index contributed by atoms with van der Waals surface area (Å²) in [4.78, 5) is 45.8. The van der Waals surface area contributed by atoms with Crippen molar-refractivity contribution >= 4 is 61.5 Å². The molecule has 5 rings (SSSR count). The molecule has 0 atom stereocenters. The summed E-state index contributed by atoms with van der Waals surface area (Å²) in [6.07, 6.45) is 4.48. The molecular weight excluding hydrogens is 558 g/mol. The molecule has 1 N–H and O–H groups in total. The number of carbonyl (C=O) groups is 2. The number of esters is 1. The van der Waals surface area contributed by atoms with Crippen molar-refractivity contribution in [2.75, 3.05) is 17.7 Å². The number of benzene rings is 1. The maximum Gasteiger partial charge on any atom is 0.341 e. The van der Waals surface area contributed by atoms with Crippen molar-refractivity contribution in [1.82, 2.24) is 9.55 Å². The van der Waals surface area contributed by atoms with E-state index in [9.17, 15) is 18.8 Å². The number of carbonyl (C=O) groups excluding carboxylic acids is 2. The first-order valence-electron chi connectivity index (χ1n) is 12.9. The molecule has 11 heteroatoms. The van der Waals surface area contributed by atoms with Gasteiger partial charge in [0.15, 0.2) is 5.16 Å². The van der Waals surface area contributed by atoms with Crippen LogP contribution in [0.5, 0.6) is 0 Å². The molecule has 0 bridgehead atoms. The molecule has 7 nitrogen and oxygen atoms in total. The average molecular weight is 586 g/mol. The van der Waals surface area contributed by atoms with Crippen LogP contribution in [-0.2, 0) is 28.9 Å². The molecule has 0 radical (unpaired) electrons. The third kappa shape index (κ3) is 5.66. The summed E-state index contributed by atoms with van der Waals surface area (Å²) in [5, 5.41) is 6.28. The van der Waals surface area contributed by atoms with Crippen LogP contribution in [0.1, 0.15) is 53.9 Å². The first-order valence-corrected chi connectivity index (χ1v) is 15.6. The van der Waals surface area contributed by atoms with Crippen molar-refractivity contribution in [3.8, 4) is 11.1 Å². The van der Waals surface area contributed by atoms with Gasteiger partial charge in [0.2, 0.25) is 5.91 Å². The molecule has 0 saturated carbocycles. The van der Waals surface area contributed by atoms with E-state index in [4.69, 9.17) is 9.72 Å². The number of hydrogen-bond acceptors (Lipinski definition) is 8. The summed E-state index contributed by atoms with van der Waals surface area (Å²) in [6, 6.07) is 6.05. The molecule has 0 spiro atoms. The van der Waals surface area contributed by atoms with Gasteiger partial charge >= 0.3 is 5.97 Å². The number of halogens is 1. The molecule has 1 aliphatic carbocycles. The van der Waals surface area contributed by atoms with Gasteiger partial charge in [0.1, 0.15) is 15.6 Å². The lowest BCUT2D eigenvalue weighted by molar-refractivity contribution is -0.113. The van der Waals surface area contributed by atoms with E-state index in [1.807, 2.05) is 12.3 Å². The molecule has 3 aromatic heterocycles. The van der Waals surface area contributed by atoms with Gasteiger partial charge in [-0.3, -0.25) is 14.2 Å². The molecule has 0 unspecified atom stereocenters. The normalized spacial score (nSPS) is 12.9. The maximum absolute atomic E-state index is 13.6. The van der Waals surface area contributed by atoms with Gasteiger partial charge < -0.3 is 10.1 Å². The first-order chi connectivity index (χ1) is 18.9. The highest BCUT2D eigenvalue weighted by Crippen LogP contribution is 2.39. The van der Waals surface area contributed by atoms with E-state index >= 15 is 0 Å². The van der Waals surface area contributed by atoms with Gasteiger partial charge in [-0.15, -0.1) is 22.7 Å². The van der Waals surface area contributed by atoms with Crippen LogP contribution in [0.3, 0.4) is 0 Å². The fraction of sp³-hybridized carbons (Fsp3) is 0.357. The van der Waals surface area contributed by atoms with Crippen LogP contribution >= 0.6 is 34.4 Å². The second kappa shape index (κ2) is 12.0. The predicted octanol–water partition coefficient (Wildman–Crippen LogP) is 6.52. The van der Waals surface area contributed by atoms with Crippen molar-refractivity contribution in [1.29, 1.82) is 0 Å². The van der Waals surface area contributed by atoms with Gasteiger partial charge in [-0.25, -0.2) is 14.2 Å². The first kappa shape index (κ1) is 27.5. The van der Waals surface area contributed by atoms with Crippen LogP contribution in [0, 0.1) is 5.82 Å². The summed E-state index contributed by atoms with van der Waals surface area (Å²) in [6.45, 7) is 4.46. The fourth-order valence-corrected chi connectivity index (χ4v) is 7.85. The topological polar surface area (TPSA) is 90.3 Å². The highest BCUT2D eigenvalue weighted by atomic mass is 32.2. The van der Waals surface area contributed by atoms with Crippen molar-refractivity contribution in [2.24, 2.45) is 0 Å². The molecule has 1 aromatic carbocycles. The molecule has 1 aliphatic rings. The van der Waals surface area contributed by atoms with Crippen LogP contribution in [0.25, 0.3) is 21.3 Å². The fourth-order valence-electron chi connectivity index (χ4n) is 4.74. The Morgan fingerprint density at radius 2 is 1.95 bits per heavy atom. The Hall–Kier alpha value is -3.02. The predicted molar refractivity (Wildman–Crippen MR) is 156 cm³/mol. The molecule has 1 amide bonds. The van der Waals surface area contributed by atoms with E-state index in [2.05, 4.69) is 5.32 Å². The molecule has 204 valence electrons. The molecular formula is C28H28FN3O4S3. The highest BCUT2D eigenvalue weighted by molar-refractivity contribution is 7.99. The van der Waals surface area contributed by atoms with E-state index in [0.29, 0.717) is 38.9 Å². The number of thioether (sulfide) groups is 1. The lowest BCUT2D eigenvalue weighted by Gasteiger charge is -2.13. The zero-order valence-electron chi connectivity index (χ0n) is 21.7. The molecule has 3 heterocycles. The number of ether oxygens (including phenoxy) is 1. The Labute approximate surface area is 237 Å². The molecule has 0 aliphatic heterocycles. The van der Waals surface area contributed by atoms with Gasteiger partial charge in [0.05, 0.1) is 23.3 Å². The molecule has 0 saturated heterocycles. The highest BCUT2D eigenvalue weighted by Gasteiger charge is 2.27. The molecule has 4 aromatic rings. The third-order valence-corrected chi connectivity index (χ3v) is 9.55. The average Bonchev–Trinajstić information content (AvgIpc) is 3.51. The monoisotopic (exact) mass is 585 g/mol. The quantitative estimate of drug-likeness (QED) is 0.137. The van der Waals surface area contributed by atoms with E-state index in [1.165, 1.54) is 46.6 Å². The standard InChI is InChI=1S/C28H28FN3O4S3/c1-3-13-32-26(34)22-19(16-9-11-17(29)12-10-16)14-37-24(22)31-28(32)38-15-21(33)30-25-23(27(35)36-4-2)18-7-5-6-8-20(18)39-25/h9-12,14H,3-8,13,15H2,1-2H3,(H,30,33). The SMILES string of the molecule is CCCn1c(SCC(=O)Nc2sc3c(c2C(=O)OCC)CCCC3)nc2scc(-c3ccc(F)cc3)c2c1=O. The van der Waals surface area contributed by atoms with Crippen LogP contribution in [0.2, 0.25) is 0 Å². The lowest BCUT2D eigenvalue weighted by Crippen LogP contribution is -2.24. The maximum atomic E-state index is 13.6. The van der Waals surface area contributed by atoms with E-state index in [0.717, 1.165) is 47.3 Å². The zero-order valence-corrected chi connectivity index (χ0v) is 24.1. The smallest absolute Gasteiger partial charge is 0.341 e. The minimum absolute atomic E-state index is 0.0304. The number of nitrogens with zero attached hydrogens (tertiary/aromatic N) is 2. The minimum Gasteiger partial charge on any atom is -0.462 e. The van der Waals surface area contributed by atoms with E-state index < -0.39 is 5.97 Å². The zero-order chi connectivity index (χ0) is 27.5. The number of fused-ring (bicyclic) bond motifs is 2. The Morgan fingerprint density at radius 3 is 2.69 bits per heavy atom. The van der Waals surface area contributed by atoms with Gasteiger partial charge in [-0.1, -0.05) is 30.8 Å². The van der Waals surface area contributed by atoms with Crippen LogP contribution < -0.4 is 10.9 Å².